The van der Waals surface area contributed by atoms with Gasteiger partial charge in [-0.3, -0.25) is 4.79 Å². The third-order valence-electron chi connectivity index (χ3n) is 4.35. The van der Waals surface area contributed by atoms with Crippen LogP contribution in [-0.4, -0.2) is 27.2 Å². The van der Waals surface area contributed by atoms with Gasteiger partial charge in [0.15, 0.2) is 0 Å². The van der Waals surface area contributed by atoms with Gasteiger partial charge in [0, 0.05) is 29.2 Å². The number of aromatic nitrogens is 3. The molecular formula is C23H17F3N6O2. The zero-order chi connectivity index (χ0) is 24.0. The number of ether oxygens (including phenoxy) is 1. The molecular weight excluding hydrogens is 449 g/mol. The van der Waals surface area contributed by atoms with E-state index in [1.165, 1.54) is 18.5 Å². The molecule has 1 amide bonds. The molecule has 0 unspecified atom stereocenters. The Morgan fingerprint density at radius 1 is 0.765 bits per heavy atom. The first-order valence-corrected chi connectivity index (χ1v) is 9.88. The van der Waals surface area contributed by atoms with E-state index in [1.807, 2.05) is 18.2 Å². The van der Waals surface area contributed by atoms with Gasteiger partial charge in [0.2, 0.25) is 0 Å². The van der Waals surface area contributed by atoms with Crippen molar-refractivity contribution in [1.29, 1.82) is 0 Å². The fraction of sp³-hybridized carbons (Fsp3) is 0.0435. The van der Waals surface area contributed by atoms with E-state index in [9.17, 15) is 18.0 Å². The number of hydrogen-bond donors (Lipinski definition) is 3. The Labute approximate surface area is 191 Å². The Morgan fingerprint density at radius 3 is 2.09 bits per heavy atom. The highest BCUT2D eigenvalue weighted by atomic mass is 19.4. The van der Waals surface area contributed by atoms with Crippen molar-refractivity contribution in [3.8, 4) is 5.75 Å². The molecule has 0 aliphatic rings. The molecule has 2 heterocycles. The quantitative estimate of drug-likeness (QED) is 0.330. The summed E-state index contributed by atoms with van der Waals surface area (Å²) in [5.74, 6) is 0.885. The number of carbonyl (C=O) groups excluding carboxylic acids is 1. The number of nitrogens with one attached hydrogen (secondary N) is 3. The van der Waals surface area contributed by atoms with E-state index in [1.54, 1.807) is 36.5 Å². The van der Waals surface area contributed by atoms with Gasteiger partial charge in [0.05, 0.1) is 0 Å². The Bertz CT molecular complexity index is 1250. The second-order valence-electron chi connectivity index (χ2n) is 6.86. The molecule has 11 heteroatoms. The van der Waals surface area contributed by atoms with Gasteiger partial charge in [-0.25, -0.2) is 15.0 Å². The summed E-state index contributed by atoms with van der Waals surface area (Å²) in [7, 11) is 0. The van der Waals surface area contributed by atoms with Gasteiger partial charge in [-0.2, -0.15) is 0 Å². The molecule has 2 aromatic heterocycles. The maximum atomic E-state index is 12.4. The van der Waals surface area contributed by atoms with Crippen LogP contribution < -0.4 is 20.7 Å². The van der Waals surface area contributed by atoms with Crippen LogP contribution in [0.25, 0.3) is 0 Å². The summed E-state index contributed by atoms with van der Waals surface area (Å²) in [6.07, 6.45) is -1.71. The molecule has 4 aromatic rings. The molecule has 0 saturated carbocycles. The van der Waals surface area contributed by atoms with Gasteiger partial charge in [-0.15, -0.1) is 13.2 Å². The lowest BCUT2D eigenvalue weighted by Gasteiger charge is -2.10. The second-order valence-corrected chi connectivity index (χ2v) is 6.86. The lowest BCUT2D eigenvalue weighted by Crippen LogP contribution is -2.17. The van der Waals surface area contributed by atoms with Crippen molar-refractivity contribution >= 4 is 34.7 Å². The molecule has 0 saturated heterocycles. The Hall–Kier alpha value is -4.67. The third kappa shape index (κ3) is 6.42. The van der Waals surface area contributed by atoms with Crippen molar-refractivity contribution in [1.82, 2.24) is 15.0 Å². The first kappa shape index (κ1) is 22.5. The van der Waals surface area contributed by atoms with Crippen LogP contribution in [0.2, 0.25) is 0 Å². The maximum absolute atomic E-state index is 12.4. The van der Waals surface area contributed by atoms with Crippen LogP contribution in [-0.2, 0) is 0 Å². The molecule has 172 valence electrons. The summed E-state index contributed by atoms with van der Waals surface area (Å²) in [5, 5.41) is 8.90. The van der Waals surface area contributed by atoms with Crippen LogP contribution >= 0.6 is 0 Å². The molecule has 34 heavy (non-hydrogen) atoms. The average molecular weight is 466 g/mol. The minimum absolute atomic E-state index is 0.186. The van der Waals surface area contributed by atoms with Crippen LogP contribution in [0.5, 0.6) is 5.75 Å². The van der Waals surface area contributed by atoms with E-state index in [-0.39, 0.29) is 5.56 Å². The van der Waals surface area contributed by atoms with Crippen molar-refractivity contribution in [3.05, 3.63) is 90.9 Å². The number of hydrogen-bond acceptors (Lipinski definition) is 7. The number of halogens is 3. The van der Waals surface area contributed by atoms with Crippen LogP contribution in [0.15, 0.2) is 85.3 Å². The summed E-state index contributed by atoms with van der Waals surface area (Å²) in [6.45, 7) is 0. The molecule has 0 bridgehead atoms. The highest BCUT2D eigenvalue weighted by molar-refractivity contribution is 6.04. The van der Waals surface area contributed by atoms with E-state index in [4.69, 9.17) is 0 Å². The molecule has 4 rings (SSSR count). The summed E-state index contributed by atoms with van der Waals surface area (Å²) in [5.41, 5.74) is 1.41. The van der Waals surface area contributed by atoms with Gasteiger partial charge in [-0.1, -0.05) is 6.07 Å². The molecule has 2 aromatic carbocycles. The van der Waals surface area contributed by atoms with Crippen molar-refractivity contribution in [3.63, 3.8) is 0 Å². The topological polar surface area (TPSA) is 101 Å². The molecule has 8 nitrogen and oxygen atoms in total. The zero-order valence-electron chi connectivity index (χ0n) is 17.4. The van der Waals surface area contributed by atoms with E-state index < -0.39 is 18.0 Å². The molecule has 0 radical (unpaired) electrons. The predicted octanol–water partition coefficient (Wildman–Crippen LogP) is 5.51. The van der Waals surface area contributed by atoms with Gasteiger partial charge in [-0.05, 0) is 60.7 Å². The second kappa shape index (κ2) is 9.86. The minimum Gasteiger partial charge on any atom is -0.406 e. The Balaban J connectivity index is 1.35. The monoisotopic (exact) mass is 466 g/mol. The number of benzene rings is 2. The summed E-state index contributed by atoms with van der Waals surface area (Å²) >= 11 is 0. The third-order valence-corrected chi connectivity index (χ3v) is 4.35. The lowest BCUT2D eigenvalue weighted by atomic mass is 10.2. The molecule has 0 aliphatic carbocycles. The van der Waals surface area contributed by atoms with Crippen molar-refractivity contribution in [2.24, 2.45) is 0 Å². The fourth-order valence-electron chi connectivity index (χ4n) is 2.86. The van der Waals surface area contributed by atoms with Crippen LogP contribution in [0.4, 0.5) is 42.0 Å². The largest absolute Gasteiger partial charge is 0.573 e. The highest BCUT2D eigenvalue weighted by Crippen LogP contribution is 2.24. The Kier molecular flexibility index (Phi) is 6.53. The molecule has 0 spiro atoms. The molecule has 0 atom stereocenters. The first-order valence-electron chi connectivity index (χ1n) is 9.88. The lowest BCUT2D eigenvalue weighted by molar-refractivity contribution is -0.274. The minimum atomic E-state index is -4.79. The highest BCUT2D eigenvalue weighted by Gasteiger charge is 2.31. The SMILES string of the molecule is O=C(Nc1ccc(Nc2cc(Nc3ccccn3)ncn2)cc1)c1ccc(OC(F)(F)F)cc1. The molecule has 0 fully saturated rings. The van der Waals surface area contributed by atoms with Gasteiger partial charge in [0.25, 0.3) is 5.91 Å². The number of anilines is 5. The number of pyridine rings is 1. The number of carbonyl (C=O) groups is 1. The van der Waals surface area contributed by atoms with Crippen molar-refractivity contribution in [2.75, 3.05) is 16.0 Å². The van der Waals surface area contributed by atoms with Gasteiger partial charge < -0.3 is 20.7 Å². The summed E-state index contributed by atoms with van der Waals surface area (Å²) in [4.78, 5) is 24.9. The van der Waals surface area contributed by atoms with E-state index in [0.717, 1.165) is 12.1 Å². The normalized spacial score (nSPS) is 10.9. The molecule has 0 aliphatic heterocycles. The maximum Gasteiger partial charge on any atom is 0.573 e. The number of rotatable bonds is 7. The van der Waals surface area contributed by atoms with E-state index in [0.29, 0.717) is 28.8 Å². The number of nitrogens with zero attached hydrogens (tertiary/aromatic N) is 3. The van der Waals surface area contributed by atoms with Gasteiger partial charge in [0.1, 0.15) is 29.5 Å². The standard InChI is InChI=1S/C23H17F3N6O2/c24-23(25,26)34-18-10-4-15(5-11-18)22(33)31-17-8-6-16(7-9-17)30-20-13-21(29-14-28-20)32-19-3-1-2-12-27-19/h1-14H,(H,31,33)(H2,27,28,29,30,32). The van der Waals surface area contributed by atoms with E-state index in [2.05, 4.69) is 35.6 Å². The van der Waals surface area contributed by atoms with Crippen molar-refractivity contribution < 1.29 is 22.7 Å². The first-order chi connectivity index (χ1) is 16.3. The van der Waals surface area contributed by atoms with Crippen LogP contribution in [0.3, 0.4) is 0 Å². The van der Waals surface area contributed by atoms with Crippen LogP contribution in [0.1, 0.15) is 10.4 Å². The summed E-state index contributed by atoms with van der Waals surface area (Å²) in [6, 6.07) is 18.7. The Morgan fingerprint density at radius 2 is 1.44 bits per heavy atom. The number of amides is 1. The van der Waals surface area contributed by atoms with Gasteiger partial charge >= 0.3 is 6.36 Å². The predicted molar refractivity (Wildman–Crippen MR) is 120 cm³/mol. The summed E-state index contributed by atoms with van der Waals surface area (Å²) < 4.78 is 40.5. The number of alkyl halides is 3. The van der Waals surface area contributed by atoms with Crippen molar-refractivity contribution in [2.45, 2.75) is 6.36 Å². The smallest absolute Gasteiger partial charge is 0.406 e. The van der Waals surface area contributed by atoms with Crippen LogP contribution in [0, 0.1) is 0 Å². The zero-order valence-corrected chi connectivity index (χ0v) is 17.4. The average Bonchev–Trinajstić information content (AvgIpc) is 2.81. The molecule has 3 N–H and O–H groups in total. The van der Waals surface area contributed by atoms with E-state index >= 15 is 0 Å². The fourth-order valence-corrected chi connectivity index (χ4v) is 2.86.